The summed E-state index contributed by atoms with van der Waals surface area (Å²) in [6.07, 6.45) is 1.75. The lowest BCUT2D eigenvalue weighted by molar-refractivity contribution is 0.789. The summed E-state index contributed by atoms with van der Waals surface area (Å²) in [6.45, 7) is 0.463. The lowest BCUT2D eigenvalue weighted by Crippen LogP contribution is -2.09. The van der Waals surface area contributed by atoms with Gasteiger partial charge in [0.05, 0.1) is 21.4 Å². The number of rotatable bonds is 5. The molecule has 0 bridgehead atoms. The van der Waals surface area contributed by atoms with Crippen molar-refractivity contribution in [1.29, 1.82) is 0 Å². The number of hydrogen-bond donors (Lipinski definition) is 1. The van der Waals surface area contributed by atoms with Crippen LogP contribution in [-0.4, -0.2) is 25.2 Å². The first-order valence-electron chi connectivity index (χ1n) is 8.30. The van der Waals surface area contributed by atoms with Crippen molar-refractivity contribution in [2.75, 3.05) is 5.32 Å². The summed E-state index contributed by atoms with van der Waals surface area (Å²) < 4.78 is 1.51. The molecule has 4 rings (SSSR count). The maximum atomic E-state index is 6.29. The van der Waals surface area contributed by atoms with E-state index >= 15 is 0 Å². The van der Waals surface area contributed by atoms with E-state index in [0.717, 1.165) is 16.8 Å². The Balaban J connectivity index is 1.61. The molecule has 0 spiro atoms. The van der Waals surface area contributed by atoms with Crippen LogP contribution in [0, 0.1) is 0 Å². The molecule has 0 radical (unpaired) electrons. The lowest BCUT2D eigenvalue weighted by Gasteiger charge is -2.11. The highest BCUT2D eigenvalue weighted by molar-refractivity contribution is 6.43. The fourth-order valence-electron chi connectivity index (χ4n) is 2.74. The minimum atomic E-state index is 0.378. The Morgan fingerprint density at radius 2 is 1.75 bits per heavy atom. The van der Waals surface area contributed by atoms with Crippen molar-refractivity contribution < 1.29 is 0 Å². The predicted octanol–water partition coefficient (Wildman–Crippen LogP) is 5.30. The van der Waals surface area contributed by atoms with Crippen LogP contribution in [0.4, 0.5) is 5.95 Å². The Hall–Kier alpha value is -2.67. The first-order chi connectivity index (χ1) is 13.6. The zero-order valence-electron chi connectivity index (χ0n) is 14.4. The van der Waals surface area contributed by atoms with Crippen molar-refractivity contribution in [2.24, 2.45) is 0 Å². The van der Waals surface area contributed by atoms with Crippen LogP contribution in [-0.2, 0) is 6.54 Å². The molecule has 0 aliphatic heterocycles. The van der Waals surface area contributed by atoms with Gasteiger partial charge in [-0.1, -0.05) is 64.2 Å². The van der Waals surface area contributed by atoms with E-state index in [4.69, 9.17) is 34.8 Å². The van der Waals surface area contributed by atoms with Gasteiger partial charge in [0.15, 0.2) is 0 Å². The molecule has 1 N–H and O–H groups in total. The third kappa shape index (κ3) is 3.80. The summed E-state index contributed by atoms with van der Waals surface area (Å²) in [6, 6.07) is 16.7. The first-order valence-corrected chi connectivity index (χ1v) is 9.43. The molecule has 0 fully saturated rings. The Bertz CT molecular complexity index is 1110. The standard InChI is InChI=1S/C19H13Cl3N6/c20-14-8-6-12(7-9-14)18-13(3-2-10-23-18)11-24-19-25-26-27-28(19)16-5-1-4-15(21)17(16)22/h1-10H,11H2,(H,24,25,27). The molecule has 0 aliphatic rings. The van der Waals surface area contributed by atoms with Crippen molar-refractivity contribution in [3.05, 3.63) is 81.4 Å². The van der Waals surface area contributed by atoms with Gasteiger partial charge in [-0.2, -0.15) is 4.68 Å². The van der Waals surface area contributed by atoms with E-state index in [1.54, 1.807) is 24.4 Å². The Morgan fingerprint density at radius 3 is 2.57 bits per heavy atom. The van der Waals surface area contributed by atoms with Crippen LogP contribution in [0.5, 0.6) is 0 Å². The largest absolute Gasteiger partial charge is 0.349 e. The fraction of sp³-hybridized carbons (Fsp3) is 0.0526. The monoisotopic (exact) mass is 430 g/mol. The maximum Gasteiger partial charge on any atom is 0.248 e. The van der Waals surface area contributed by atoms with Crippen molar-refractivity contribution >= 4 is 40.8 Å². The highest BCUT2D eigenvalue weighted by atomic mass is 35.5. The molecule has 28 heavy (non-hydrogen) atoms. The van der Waals surface area contributed by atoms with Crippen molar-refractivity contribution in [3.8, 4) is 16.9 Å². The molecule has 6 nitrogen and oxygen atoms in total. The summed E-state index contributed by atoms with van der Waals surface area (Å²) in [7, 11) is 0. The van der Waals surface area contributed by atoms with Gasteiger partial charge in [0.1, 0.15) is 0 Å². The van der Waals surface area contributed by atoms with Crippen LogP contribution in [0.3, 0.4) is 0 Å². The van der Waals surface area contributed by atoms with E-state index in [1.807, 2.05) is 36.4 Å². The minimum Gasteiger partial charge on any atom is -0.349 e. The molecule has 0 atom stereocenters. The summed E-state index contributed by atoms with van der Waals surface area (Å²) in [5.74, 6) is 0.440. The van der Waals surface area contributed by atoms with Crippen LogP contribution < -0.4 is 5.32 Å². The fourth-order valence-corrected chi connectivity index (χ4v) is 3.24. The van der Waals surface area contributed by atoms with Crippen LogP contribution in [0.1, 0.15) is 5.56 Å². The molecule has 9 heteroatoms. The highest BCUT2D eigenvalue weighted by Crippen LogP contribution is 2.29. The van der Waals surface area contributed by atoms with E-state index in [1.165, 1.54) is 4.68 Å². The van der Waals surface area contributed by atoms with Gasteiger partial charge in [0.2, 0.25) is 5.95 Å². The highest BCUT2D eigenvalue weighted by Gasteiger charge is 2.14. The average molecular weight is 432 g/mol. The Kier molecular flexibility index (Phi) is 5.43. The molecule has 2 aromatic carbocycles. The number of nitrogens with zero attached hydrogens (tertiary/aromatic N) is 5. The van der Waals surface area contributed by atoms with Crippen molar-refractivity contribution in [2.45, 2.75) is 6.54 Å². The van der Waals surface area contributed by atoms with E-state index in [-0.39, 0.29) is 0 Å². The molecule has 4 aromatic rings. The lowest BCUT2D eigenvalue weighted by atomic mass is 10.1. The van der Waals surface area contributed by atoms with Crippen molar-refractivity contribution in [3.63, 3.8) is 0 Å². The second-order valence-electron chi connectivity index (χ2n) is 5.86. The number of benzene rings is 2. The van der Waals surface area contributed by atoms with E-state index in [9.17, 15) is 0 Å². The molecule has 0 saturated heterocycles. The van der Waals surface area contributed by atoms with Crippen molar-refractivity contribution in [1.82, 2.24) is 25.2 Å². The summed E-state index contributed by atoms with van der Waals surface area (Å²) in [4.78, 5) is 4.50. The number of hydrogen-bond acceptors (Lipinski definition) is 5. The SMILES string of the molecule is Clc1ccc(-c2ncccc2CNc2nnnn2-c2cccc(Cl)c2Cl)cc1. The predicted molar refractivity (Wildman–Crippen MR) is 111 cm³/mol. The van der Waals surface area contributed by atoms with Crippen LogP contribution >= 0.6 is 34.8 Å². The van der Waals surface area contributed by atoms with E-state index in [0.29, 0.717) is 33.2 Å². The summed E-state index contributed by atoms with van der Waals surface area (Å²) >= 11 is 18.4. The average Bonchev–Trinajstić information content (AvgIpc) is 3.18. The zero-order valence-corrected chi connectivity index (χ0v) is 16.6. The number of aromatic nitrogens is 5. The summed E-state index contributed by atoms with van der Waals surface area (Å²) in [5.41, 5.74) is 3.40. The zero-order chi connectivity index (χ0) is 19.5. The third-order valence-corrected chi connectivity index (χ3v) is 5.14. The smallest absolute Gasteiger partial charge is 0.248 e. The van der Waals surface area contributed by atoms with Crippen LogP contribution in [0.15, 0.2) is 60.8 Å². The number of pyridine rings is 1. The number of anilines is 1. The quantitative estimate of drug-likeness (QED) is 0.464. The second-order valence-corrected chi connectivity index (χ2v) is 7.08. The normalized spacial score (nSPS) is 10.8. The van der Waals surface area contributed by atoms with Gasteiger partial charge >= 0.3 is 0 Å². The van der Waals surface area contributed by atoms with Gasteiger partial charge < -0.3 is 5.32 Å². The molecule has 2 heterocycles. The van der Waals surface area contributed by atoms with Gasteiger partial charge in [-0.25, -0.2) is 0 Å². The third-order valence-electron chi connectivity index (χ3n) is 4.07. The Morgan fingerprint density at radius 1 is 0.929 bits per heavy atom. The molecule has 140 valence electrons. The van der Waals surface area contributed by atoms with E-state index < -0.39 is 0 Å². The number of halogens is 3. The molecule has 0 aliphatic carbocycles. The number of nitrogens with one attached hydrogen (secondary N) is 1. The van der Waals surface area contributed by atoms with Crippen LogP contribution in [0.2, 0.25) is 15.1 Å². The molecule has 0 unspecified atom stereocenters. The topological polar surface area (TPSA) is 68.5 Å². The van der Waals surface area contributed by atoms with Gasteiger partial charge in [-0.3, -0.25) is 4.98 Å². The Labute approximate surface area is 176 Å². The minimum absolute atomic E-state index is 0.378. The second kappa shape index (κ2) is 8.14. The van der Waals surface area contributed by atoms with Gasteiger partial charge in [0.25, 0.3) is 0 Å². The number of tetrazole rings is 1. The molecule has 2 aromatic heterocycles. The molecule has 0 amide bonds. The molecular weight excluding hydrogens is 419 g/mol. The van der Waals surface area contributed by atoms with Crippen LogP contribution in [0.25, 0.3) is 16.9 Å². The van der Waals surface area contributed by atoms with Gasteiger partial charge in [-0.05, 0) is 46.3 Å². The maximum absolute atomic E-state index is 6.29. The molecule has 0 saturated carbocycles. The van der Waals surface area contributed by atoms with E-state index in [2.05, 4.69) is 25.8 Å². The summed E-state index contributed by atoms with van der Waals surface area (Å²) in [5, 5.41) is 16.5. The molecular formula is C19H13Cl3N6. The first kappa shape index (κ1) is 18.7. The van der Waals surface area contributed by atoms with Gasteiger partial charge in [-0.15, -0.1) is 0 Å². The van der Waals surface area contributed by atoms with Gasteiger partial charge in [0, 0.05) is 23.3 Å².